The lowest BCUT2D eigenvalue weighted by atomic mass is 10.1. The molecule has 2 amide bonds. The average molecular weight is 474 g/mol. The second-order valence-corrected chi connectivity index (χ2v) is 9.93. The average Bonchev–Trinajstić information content (AvgIpc) is 3.30. The minimum Gasteiger partial charge on any atom is -0.495 e. The zero-order valence-corrected chi connectivity index (χ0v) is 19.4. The Morgan fingerprint density at radius 1 is 1.06 bits per heavy atom. The van der Waals surface area contributed by atoms with E-state index >= 15 is 0 Å². The predicted octanol–water partition coefficient (Wildman–Crippen LogP) is 3.44. The number of nitrogens with one attached hydrogen (secondary N) is 2. The third kappa shape index (κ3) is 5.65. The molecule has 0 unspecified atom stereocenters. The fourth-order valence-electron chi connectivity index (χ4n) is 2.89. The Balaban J connectivity index is 1.68. The van der Waals surface area contributed by atoms with E-state index < -0.39 is 10.0 Å². The first kappa shape index (κ1) is 23.3. The fraction of sp³-hybridized carbons (Fsp3) is 0.182. The van der Waals surface area contributed by atoms with Crippen LogP contribution in [0.2, 0.25) is 0 Å². The van der Waals surface area contributed by atoms with E-state index in [1.807, 2.05) is 0 Å². The molecule has 0 fully saturated rings. The molecule has 0 atom stereocenters. The van der Waals surface area contributed by atoms with Crippen LogP contribution in [0.25, 0.3) is 0 Å². The number of sulfonamides is 1. The van der Waals surface area contributed by atoms with Crippen LogP contribution in [0.1, 0.15) is 15.9 Å². The zero-order chi connectivity index (χ0) is 23.3. The van der Waals surface area contributed by atoms with Gasteiger partial charge in [0.05, 0.1) is 19.2 Å². The molecule has 0 aliphatic heterocycles. The summed E-state index contributed by atoms with van der Waals surface area (Å²) in [5, 5.41) is 4.46. The maximum atomic E-state index is 12.6. The number of carbonyl (C=O) groups is 2. The third-order valence-electron chi connectivity index (χ3n) is 4.46. The number of hydrogen-bond donors (Lipinski definition) is 2. The van der Waals surface area contributed by atoms with Gasteiger partial charge in [0.15, 0.2) is 0 Å². The van der Waals surface area contributed by atoms with Gasteiger partial charge in [-0.2, -0.15) is 0 Å². The summed E-state index contributed by atoms with van der Waals surface area (Å²) >= 11 is 1.13. The minimum atomic E-state index is -3.63. The lowest BCUT2D eigenvalue weighted by Gasteiger charge is -2.14. The summed E-state index contributed by atoms with van der Waals surface area (Å²) in [4.78, 5) is 26.2. The summed E-state index contributed by atoms with van der Waals surface area (Å²) in [6.07, 6.45) is 0.0625. The summed E-state index contributed by atoms with van der Waals surface area (Å²) in [5.74, 6) is -0.0552. The number of nitrogens with zero attached hydrogens (tertiary/aromatic N) is 1. The Labute approximate surface area is 190 Å². The molecule has 0 spiro atoms. The van der Waals surface area contributed by atoms with Crippen molar-refractivity contribution in [3.8, 4) is 5.75 Å². The van der Waals surface area contributed by atoms with E-state index in [1.165, 1.54) is 18.1 Å². The maximum Gasteiger partial charge on any atom is 0.271 e. The largest absolute Gasteiger partial charge is 0.495 e. The fourth-order valence-corrected chi connectivity index (χ4v) is 4.94. The van der Waals surface area contributed by atoms with E-state index in [0.29, 0.717) is 28.3 Å². The first-order valence-corrected chi connectivity index (χ1v) is 11.9. The molecule has 168 valence electrons. The normalized spacial score (nSPS) is 11.0. The molecule has 2 aromatic carbocycles. The van der Waals surface area contributed by atoms with Crippen LogP contribution in [-0.4, -0.2) is 46.3 Å². The number of ether oxygens (including phenoxy) is 1. The summed E-state index contributed by atoms with van der Waals surface area (Å²) in [6, 6.07) is 14.6. The number of amides is 2. The van der Waals surface area contributed by atoms with Gasteiger partial charge in [-0.05, 0) is 47.3 Å². The van der Waals surface area contributed by atoms with Crippen LogP contribution in [-0.2, 0) is 21.2 Å². The molecule has 10 heteroatoms. The smallest absolute Gasteiger partial charge is 0.271 e. The molecule has 3 aromatic rings. The van der Waals surface area contributed by atoms with E-state index in [9.17, 15) is 18.0 Å². The van der Waals surface area contributed by atoms with Crippen molar-refractivity contribution in [1.29, 1.82) is 0 Å². The number of methoxy groups -OCH3 is 1. The van der Waals surface area contributed by atoms with E-state index in [2.05, 4.69) is 10.0 Å². The molecule has 0 radical (unpaired) electrons. The number of hydrogen-bond acceptors (Lipinski definition) is 6. The molecule has 0 saturated carbocycles. The highest BCUT2D eigenvalue weighted by Crippen LogP contribution is 2.26. The molecular formula is C22H23N3O5S2. The Morgan fingerprint density at radius 3 is 2.38 bits per heavy atom. The van der Waals surface area contributed by atoms with Gasteiger partial charge in [0.25, 0.3) is 15.9 Å². The quantitative estimate of drug-likeness (QED) is 0.522. The van der Waals surface area contributed by atoms with Crippen molar-refractivity contribution in [2.45, 2.75) is 10.6 Å². The summed E-state index contributed by atoms with van der Waals surface area (Å²) < 4.78 is 32.6. The maximum absolute atomic E-state index is 12.6. The number of benzene rings is 2. The molecule has 2 N–H and O–H groups in total. The van der Waals surface area contributed by atoms with E-state index in [4.69, 9.17) is 4.74 Å². The highest BCUT2D eigenvalue weighted by molar-refractivity contribution is 7.94. The molecule has 8 nitrogen and oxygen atoms in total. The van der Waals surface area contributed by atoms with Crippen molar-refractivity contribution in [2.75, 3.05) is 31.2 Å². The lowest BCUT2D eigenvalue weighted by molar-refractivity contribution is -0.115. The van der Waals surface area contributed by atoms with Gasteiger partial charge in [-0.1, -0.05) is 18.2 Å². The molecule has 1 aromatic heterocycles. The van der Waals surface area contributed by atoms with Crippen molar-refractivity contribution in [1.82, 2.24) is 4.90 Å². The second kappa shape index (κ2) is 9.84. The highest BCUT2D eigenvalue weighted by Gasteiger charge is 2.16. The standard InChI is InChI=1S/C22H23N3O5S2/c1-25(2)22(27)16-8-11-19(30-3)18(14-16)23-20(26)13-15-6-9-17(10-7-15)24-32(28,29)21-5-4-12-31-21/h4-12,14,24H,13H2,1-3H3,(H,23,26). The van der Waals surface area contributed by atoms with E-state index in [-0.39, 0.29) is 22.4 Å². The van der Waals surface area contributed by atoms with Gasteiger partial charge in [-0.15, -0.1) is 11.3 Å². The summed E-state index contributed by atoms with van der Waals surface area (Å²) in [5.41, 5.74) is 1.92. The molecular weight excluding hydrogens is 450 g/mol. The van der Waals surface area contributed by atoms with Crippen LogP contribution < -0.4 is 14.8 Å². The van der Waals surface area contributed by atoms with E-state index in [1.54, 1.807) is 68.0 Å². The predicted molar refractivity (Wildman–Crippen MR) is 125 cm³/mol. The molecule has 32 heavy (non-hydrogen) atoms. The number of anilines is 2. The van der Waals surface area contributed by atoms with Crippen molar-refractivity contribution in [3.05, 3.63) is 71.1 Å². The summed E-state index contributed by atoms with van der Waals surface area (Å²) in [6.45, 7) is 0. The van der Waals surface area contributed by atoms with E-state index in [0.717, 1.165) is 11.3 Å². The Hall–Kier alpha value is -3.37. The van der Waals surface area contributed by atoms with Crippen LogP contribution in [0.4, 0.5) is 11.4 Å². The van der Waals surface area contributed by atoms with Crippen LogP contribution in [0.15, 0.2) is 64.2 Å². The topological polar surface area (TPSA) is 105 Å². The van der Waals surface area contributed by atoms with Crippen LogP contribution in [0, 0.1) is 0 Å². The third-order valence-corrected chi connectivity index (χ3v) is 7.24. The van der Waals surface area contributed by atoms with Crippen LogP contribution in [0.3, 0.4) is 0 Å². The number of thiophene rings is 1. The van der Waals surface area contributed by atoms with Crippen molar-refractivity contribution in [3.63, 3.8) is 0 Å². The monoisotopic (exact) mass is 473 g/mol. The number of carbonyl (C=O) groups excluding carboxylic acids is 2. The van der Waals surface area contributed by atoms with Crippen LogP contribution in [0.5, 0.6) is 5.75 Å². The SMILES string of the molecule is COc1ccc(C(=O)N(C)C)cc1NC(=O)Cc1ccc(NS(=O)(=O)c2cccs2)cc1. The first-order chi connectivity index (χ1) is 15.2. The summed E-state index contributed by atoms with van der Waals surface area (Å²) in [7, 11) is 1.15. The van der Waals surface area contributed by atoms with Gasteiger partial charge in [-0.3, -0.25) is 14.3 Å². The van der Waals surface area contributed by atoms with Crippen molar-refractivity contribution < 1.29 is 22.7 Å². The molecule has 0 saturated heterocycles. The Morgan fingerprint density at radius 2 is 1.78 bits per heavy atom. The van der Waals surface area contributed by atoms with Gasteiger partial charge >= 0.3 is 0 Å². The Kier molecular flexibility index (Phi) is 7.16. The minimum absolute atomic E-state index is 0.0625. The van der Waals surface area contributed by atoms with Gasteiger partial charge in [0.2, 0.25) is 5.91 Å². The molecule has 1 heterocycles. The van der Waals surface area contributed by atoms with Gasteiger partial charge in [-0.25, -0.2) is 8.42 Å². The first-order valence-electron chi connectivity index (χ1n) is 9.54. The molecule has 3 rings (SSSR count). The number of rotatable bonds is 8. The molecule has 0 aliphatic carbocycles. The lowest BCUT2D eigenvalue weighted by Crippen LogP contribution is -2.22. The Bertz CT molecular complexity index is 1200. The van der Waals surface area contributed by atoms with Gasteiger partial charge in [0, 0.05) is 25.3 Å². The van der Waals surface area contributed by atoms with Crippen LogP contribution >= 0.6 is 11.3 Å². The zero-order valence-electron chi connectivity index (χ0n) is 17.8. The van der Waals surface area contributed by atoms with Crippen molar-refractivity contribution >= 4 is 44.5 Å². The van der Waals surface area contributed by atoms with Gasteiger partial charge < -0.3 is 15.0 Å². The molecule has 0 bridgehead atoms. The molecule has 0 aliphatic rings. The van der Waals surface area contributed by atoms with Gasteiger partial charge in [0.1, 0.15) is 9.96 Å². The second-order valence-electron chi connectivity index (χ2n) is 7.07. The van der Waals surface area contributed by atoms with Crippen molar-refractivity contribution in [2.24, 2.45) is 0 Å². The highest BCUT2D eigenvalue weighted by atomic mass is 32.2.